The number of nitrogens with one attached hydrogen (secondary N) is 1. The molecule has 2 fully saturated rings. The van der Waals surface area contributed by atoms with Crippen molar-refractivity contribution in [2.75, 3.05) is 18.3 Å². The third-order valence-corrected chi connectivity index (χ3v) is 7.80. The molecule has 9 heteroatoms. The number of methoxy groups -OCH3 is 1. The van der Waals surface area contributed by atoms with Gasteiger partial charge in [0, 0.05) is 36.1 Å². The van der Waals surface area contributed by atoms with Gasteiger partial charge in [0.2, 0.25) is 0 Å². The van der Waals surface area contributed by atoms with E-state index in [-0.39, 0.29) is 29.8 Å². The second-order valence-electron chi connectivity index (χ2n) is 9.61. The van der Waals surface area contributed by atoms with Gasteiger partial charge < -0.3 is 19.7 Å². The van der Waals surface area contributed by atoms with Crippen LogP contribution in [0.4, 0.5) is 10.1 Å². The van der Waals surface area contributed by atoms with Crippen molar-refractivity contribution in [2.24, 2.45) is 0 Å². The van der Waals surface area contributed by atoms with Crippen LogP contribution in [0.3, 0.4) is 0 Å². The summed E-state index contributed by atoms with van der Waals surface area (Å²) < 4.78 is 48.1. The van der Waals surface area contributed by atoms with Gasteiger partial charge in [-0.25, -0.2) is 12.8 Å². The summed E-state index contributed by atoms with van der Waals surface area (Å²) in [7, 11) is -1.81. The number of carbonyl (C=O) groups excluding carboxylic acids is 1. The van der Waals surface area contributed by atoms with Gasteiger partial charge in [0.25, 0.3) is 5.91 Å². The number of carbonyl (C=O) groups is 1. The monoisotopic (exact) mass is 490 g/mol. The minimum absolute atomic E-state index is 0.00883. The maximum atomic E-state index is 13.5. The molecule has 0 aromatic heterocycles. The van der Waals surface area contributed by atoms with Crippen molar-refractivity contribution < 1.29 is 27.1 Å². The summed E-state index contributed by atoms with van der Waals surface area (Å²) in [6, 6.07) is 11.5. The van der Waals surface area contributed by atoms with Crippen LogP contribution in [0, 0.1) is 5.82 Å². The second-order valence-corrected chi connectivity index (χ2v) is 11.6. The Kier molecular flexibility index (Phi) is 6.50. The molecule has 4 rings (SSSR count). The van der Waals surface area contributed by atoms with Crippen LogP contribution in [0.15, 0.2) is 47.4 Å². The maximum absolute atomic E-state index is 13.5. The third-order valence-electron chi connectivity index (χ3n) is 6.67. The minimum atomic E-state index is -3.23. The highest BCUT2D eigenvalue weighted by Crippen LogP contribution is 2.40. The standard InChI is InChI=1S/C25H31FN2O5S/c1-25(2,33-22-12-5-16(26)13-23(22)32-3)24(29)27-17-14-19-6-7-20(15-17)28(19)18-8-10-21(11-9-18)34(4,30)31/h5,8-13,17,19-20H,6-7,14-15H2,1-4H3,(H,27,29). The van der Waals surface area contributed by atoms with Crippen molar-refractivity contribution in [3.8, 4) is 11.5 Å². The molecule has 0 saturated carbocycles. The summed E-state index contributed by atoms with van der Waals surface area (Å²) in [4.78, 5) is 15.8. The van der Waals surface area contributed by atoms with Gasteiger partial charge in [-0.3, -0.25) is 4.79 Å². The van der Waals surface area contributed by atoms with Gasteiger partial charge in [0.15, 0.2) is 26.9 Å². The smallest absolute Gasteiger partial charge is 0.263 e. The van der Waals surface area contributed by atoms with E-state index in [9.17, 15) is 17.6 Å². The van der Waals surface area contributed by atoms with E-state index in [4.69, 9.17) is 9.47 Å². The first-order chi connectivity index (χ1) is 16.0. The van der Waals surface area contributed by atoms with Crippen LogP contribution in [-0.2, 0) is 14.6 Å². The van der Waals surface area contributed by atoms with Crippen molar-refractivity contribution in [3.63, 3.8) is 0 Å². The molecule has 2 unspecified atom stereocenters. The molecule has 2 heterocycles. The first-order valence-electron chi connectivity index (χ1n) is 11.4. The summed E-state index contributed by atoms with van der Waals surface area (Å²) in [6.07, 6.45) is 4.85. The molecule has 2 aromatic rings. The predicted octanol–water partition coefficient (Wildman–Crippen LogP) is 3.71. The number of amides is 1. The van der Waals surface area contributed by atoms with Crippen LogP contribution in [-0.4, -0.2) is 51.4 Å². The summed E-state index contributed by atoms with van der Waals surface area (Å²) in [5, 5.41) is 3.15. The quantitative estimate of drug-likeness (QED) is 0.637. The lowest BCUT2D eigenvalue weighted by Crippen LogP contribution is -2.55. The van der Waals surface area contributed by atoms with E-state index in [1.165, 1.54) is 31.6 Å². The van der Waals surface area contributed by atoms with Crippen molar-refractivity contribution in [1.29, 1.82) is 0 Å². The largest absolute Gasteiger partial charge is 0.493 e. The molecule has 2 atom stereocenters. The van der Waals surface area contributed by atoms with Gasteiger partial charge in [0.05, 0.1) is 12.0 Å². The number of hydrogen-bond donors (Lipinski definition) is 1. The Morgan fingerprint density at radius 3 is 2.24 bits per heavy atom. The van der Waals surface area contributed by atoms with Gasteiger partial charge >= 0.3 is 0 Å². The Hall–Kier alpha value is -2.81. The first kappa shape index (κ1) is 24.3. The molecule has 184 valence electrons. The summed E-state index contributed by atoms with van der Waals surface area (Å²) in [5.41, 5.74) is -0.167. The zero-order valence-corrected chi connectivity index (χ0v) is 20.7. The topological polar surface area (TPSA) is 84.9 Å². The highest BCUT2D eigenvalue weighted by molar-refractivity contribution is 7.90. The van der Waals surface area contributed by atoms with E-state index in [1.54, 1.807) is 26.0 Å². The average molecular weight is 491 g/mol. The minimum Gasteiger partial charge on any atom is -0.493 e. The molecule has 0 radical (unpaired) electrons. The Morgan fingerprint density at radius 1 is 1.06 bits per heavy atom. The number of halogens is 1. The highest BCUT2D eigenvalue weighted by atomic mass is 32.2. The number of rotatable bonds is 7. The normalized spacial score (nSPS) is 22.4. The maximum Gasteiger partial charge on any atom is 0.263 e. The molecule has 2 saturated heterocycles. The summed E-state index contributed by atoms with van der Waals surface area (Å²) in [6.45, 7) is 3.36. The van der Waals surface area contributed by atoms with Crippen molar-refractivity contribution in [1.82, 2.24) is 5.32 Å². The predicted molar refractivity (Wildman–Crippen MR) is 128 cm³/mol. The summed E-state index contributed by atoms with van der Waals surface area (Å²) in [5.74, 6) is -0.153. The number of piperidine rings is 1. The SMILES string of the molecule is COc1cc(F)ccc1OC(C)(C)C(=O)NC1CC2CCC(C1)N2c1ccc(S(C)(=O)=O)cc1. The Balaban J connectivity index is 1.41. The fraction of sp³-hybridized carbons (Fsp3) is 0.480. The van der Waals surface area contributed by atoms with E-state index in [0.717, 1.165) is 31.4 Å². The molecule has 2 aliphatic heterocycles. The van der Waals surface area contributed by atoms with Gasteiger partial charge in [-0.1, -0.05) is 0 Å². The zero-order chi connectivity index (χ0) is 24.7. The molecule has 2 aromatic carbocycles. The third kappa shape index (κ3) is 4.99. The number of fused-ring (bicyclic) bond motifs is 2. The lowest BCUT2D eigenvalue weighted by atomic mass is 9.95. The summed E-state index contributed by atoms with van der Waals surface area (Å²) >= 11 is 0. The molecule has 1 amide bonds. The molecule has 34 heavy (non-hydrogen) atoms. The number of benzene rings is 2. The van der Waals surface area contributed by atoms with Gasteiger partial charge in [0.1, 0.15) is 5.82 Å². The molecule has 7 nitrogen and oxygen atoms in total. The van der Waals surface area contributed by atoms with Crippen LogP contribution in [0.25, 0.3) is 0 Å². The Bertz CT molecular complexity index is 1150. The van der Waals surface area contributed by atoms with Crippen LogP contribution in [0.5, 0.6) is 11.5 Å². The Labute approximate surface area is 200 Å². The van der Waals surface area contributed by atoms with Crippen LogP contribution in [0.1, 0.15) is 39.5 Å². The highest BCUT2D eigenvalue weighted by Gasteiger charge is 2.42. The fourth-order valence-corrected chi connectivity index (χ4v) is 5.62. The van der Waals surface area contributed by atoms with Crippen molar-refractivity contribution >= 4 is 21.4 Å². The van der Waals surface area contributed by atoms with Gasteiger partial charge in [-0.05, 0) is 75.9 Å². The molecule has 2 aliphatic rings. The second kappa shape index (κ2) is 9.09. The molecule has 2 bridgehead atoms. The van der Waals surface area contributed by atoms with Crippen LogP contribution in [0.2, 0.25) is 0 Å². The van der Waals surface area contributed by atoms with Crippen LogP contribution < -0.4 is 19.7 Å². The van der Waals surface area contributed by atoms with E-state index in [1.807, 2.05) is 12.1 Å². The van der Waals surface area contributed by atoms with Gasteiger partial charge in [-0.2, -0.15) is 0 Å². The molecule has 0 spiro atoms. The molecule has 0 aliphatic carbocycles. The van der Waals surface area contributed by atoms with Crippen LogP contribution >= 0.6 is 0 Å². The molecular weight excluding hydrogens is 459 g/mol. The zero-order valence-electron chi connectivity index (χ0n) is 19.9. The van der Waals surface area contributed by atoms with Crippen molar-refractivity contribution in [3.05, 3.63) is 48.3 Å². The van der Waals surface area contributed by atoms with Crippen molar-refractivity contribution in [2.45, 2.75) is 68.2 Å². The first-order valence-corrected chi connectivity index (χ1v) is 13.3. The number of nitrogens with zero attached hydrogens (tertiary/aromatic N) is 1. The number of ether oxygens (including phenoxy) is 2. The van der Waals surface area contributed by atoms with E-state index in [0.29, 0.717) is 10.6 Å². The van der Waals surface area contributed by atoms with Gasteiger partial charge in [-0.15, -0.1) is 0 Å². The fourth-order valence-electron chi connectivity index (χ4n) is 4.99. The number of sulfone groups is 1. The Morgan fingerprint density at radius 2 is 1.68 bits per heavy atom. The lowest BCUT2D eigenvalue weighted by molar-refractivity contribution is -0.135. The van der Waals surface area contributed by atoms with E-state index in [2.05, 4.69) is 10.2 Å². The number of anilines is 1. The molecular formula is C25H31FN2O5S. The molecule has 1 N–H and O–H groups in total. The van der Waals surface area contributed by atoms with E-state index >= 15 is 0 Å². The number of hydrogen-bond acceptors (Lipinski definition) is 6. The lowest BCUT2D eigenvalue weighted by Gasteiger charge is -2.41. The van der Waals surface area contributed by atoms with E-state index < -0.39 is 21.3 Å². The average Bonchev–Trinajstić information content (AvgIpc) is 3.04.